The largest absolute Gasteiger partial charge is 0.591 e. The smallest absolute Gasteiger partial charge is 0.178 e. The highest BCUT2D eigenvalue weighted by Gasteiger charge is 2.25. The number of imidazole rings is 1. The Morgan fingerprint density at radius 2 is 2.04 bits per heavy atom. The van der Waals surface area contributed by atoms with E-state index in [0.29, 0.717) is 18.1 Å². The number of rotatable bonds is 7. The van der Waals surface area contributed by atoms with E-state index in [9.17, 15) is 4.55 Å². The number of fused-ring (bicyclic) bond motifs is 1. The van der Waals surface area contributed by atoms with Gasteiger partial charge in [-0.3, -0.25) is 0 Å². The maximum atomic E-state index is 12.0. The van der Waals surface area contributed by atoms with Crippen molar-refractivity contribution in [1.29, 1.82) is 0 Å². The van der Waals surface area contributed by atoms with Crippen molar-refractivity contribution in [2.45, 2.75) is 57.9 Å². The van der Waals surface area contributed by atoms with Gasteiger partial charge in [0.15, 0.2) is 5.65 Å². The van der Waals surface area contributed by atoms with E-state index in [-0.39, 0.29) is 4.75 Å². The first-order valence-electron chi connectivity index (χ1n) is 8.42. The van der Waals surface area contributed by atoms with Gasteiger partial charge in [0, 0.05) is 14.7 Å². The first kappa shape index (κ1) is 20.1. The molecule has 0 aromatic carbocycles. The molecule has 0 spiro atoms. The van der Waals surface area contributed by atoms with E-state index in [2.05, 4.69) is 34.0 Å². The molecule has 0 radical (unpaired) electrons. The van der Waals surface area contributed by atoms with Crippen LogP contribution in [0.2, 0.25) is 25.7 Å². The van der Waals surface area contributed by atoms with Gasteiger partial charge >= 0.3 is 0 Å². The average Bonchev–Trinajstić information content (AvgIpc) is 2.89. The highest BCUT2D eigenvalue weighted by atomic mass is 32.2. The summed E-state index contributed by atoms with van der Waals surface area (Å²) in [5.41, 5.74) is 2.20. The summed E-state index contributed by atoms with van der Waals surface area (Å²) < 4.78 is 23.4. The molecule has 2 aromatic heterocycles. The van der Waals surface area contributed by atoms with Crippen LogP contribution in [0.15, 0.2) is 22.9 Å². The van der Waals surface area contributed by atoms with E-state index in [1.165, 1.54) is 0 Å². The number of hydrogen-bond donors (Lipinski definition) is 0. The molecular formula is C17H28N4O2SSi. The van der Waals surface area contributed by atoms with Crippen LogP contribution in [0.3, 0.4) is 0 Å². The van der Waals surface area contributed by atoms with Gasteiger partial charge in [0.1, 0.15) is 29.1 Å². The maximum absolute atomic E-state index is 12.0. The van der Waals surface area contributed by atoms with Gasteiger partial charge in [-0.05, 0) is 38.9 Å². The van der Waals surface area contributed by atoms with Gasteiger partial charge < -0.3 is 13.9 Å². The van der Waals surface area contributed by atoms with Crippen molar-refractivity contribution in [3.05, 3.63) is 24.2 Å². The van der Waals surface area contributed by atoms with Gasteiger partial charge in [-0.25, -0.2) is 9.97 Å². The standard InChI is InChI=1S/C17H28N4O2SSi/c1-17(2,3)24(22)19-11-14-7-8-15-16(20-14)18-12-21(15)13-23-9-10-25(4,5)6/h7-8,11-12H,9-10,13H2,1-6H3. The minimum Gasteiger partial charge on any atom is -0.591 e. The summed E-state index contributed by atoms with van der Waals surface area (Å²) >= 11 is -1.29. The molecule has 2 aromatic rings. The summed E-state index contributed by atoms with van der Waals surface area (Å²) in [6, 6.07) is 4.94. The Hall–Kier alpha value is -1.22. The van der Waals surface area contributed by atoms with Gasteiger partial charge in [0.25, 0.3) is 0 Å². The minimum atomic E-state index is -1.29. The van der Waals surface area contributed by atoms with Crippen LogP contribution < -0.4 is 0 Å². The van der Waals surface area contributed by atoms with E-state index < -0.39 is 19.4 Å². The van der Waals surface area contributed by atoms with Crippen LogP contribution >= 0.6 is 0 Å². The van der Waals surface area contributed by atoms with Crippen LogP contribution in [-0.2, 0) is 22.8 Å². The topological polar surface area (TPSA) is 75.4 Å². The fraction of sp³-hybridized carbons (Fsp3) is 0.588. The van der Waals surface area contributed by atoms with E-state index >= 15 is 0 Å². The second-order valence-electron chi connectivity index (χ2n) is 8.24. The van der Waals surface area contributed by atoms with Crippen LogP contribution in [0.25, 0.3) is 11.2 Å². The highest BCUT2D eigenvalue weighted by molar-refractivity contribution is 7.91. The third-order valence-corrected chi connectivity index (χ3v) is 6.58. The Labute approximate surface area is 154 Å². The molecule has 0 saturated carbocycles. The Balaban J connectivity index is 2.02. The molecular weight excluding hydrogens is 352 g/mol. The lowest BCUT2D eigenvalue weighted by atomic mass is 10.3. The van der Waals surface area contributed by atoms with E-state index in [1.54, 1.807) is 12.5 Å². The highest BCUT2D eigenvalue weighted by Crippen LogP contribution is 2.17. The van der Waals surface area contributed by atoms with Crippen molar-refractivity contribution >= 4 is 36.8 Å². The van der Waals surface area contributed by atoms with E-state index in [0.717, 1.165) is 18.2 Å². The molecule has 0 saturated heterocycles. The fourth-order valence-electron chi connectivity index (χ4n) is 1.94. The quantitative estimate of drug-likeness (QED) is 0.318. The van der Waals surface area contributed by atoms with Crippen molar-refractivity contribution in [3.8, 4) is 0 Å². The number of nitrogens with zero attached hydrogens (tertiary/aromatic N) is 4. The first-order valence-corrected chi connectivity index (χ1v) is 13.2. The molecule has 2 heterocycles. The van der Waals surface area contributed by atoms with Gasteiger partial charge in [-0.1, -0.05) is 24.0 Å². The zero-order valence-corrected chi connectivity index (χ0v) is 17.8. The van der Waals surface area contributed by atoms with E-state index in [4.69, 9.17) is 4.74 Å². The maximum Gasteiger partial charge on any atom is 0.178 e. The molecule has 0 aliphatic rings. The number of aromatic nitrogens is 3. The lowest BCUT2D eigenvalue weighted by Crippen LogP contribution is -2.25. The third-order valence-electron chi connectivity index (χ3n) is 3.54. The van der Waals surface area contributed by atoms with Crippen LogP contribution in [0, 0.1) is 0 Å². The van der Waals surface area contributed by atoms with Crippen molar-refractivity contribution in [1.82, 2.24) is 14.5 Å². The molecule has 0 aliphatic heterocycles. The summed E-state index contributed by atoms with van der Waals surface area (Å²) in [7, 11) is -1.07. The number of pyridine rings is 1. The van der Waals surface area contributed by atoms with Gasteiger partial charge in [-0.15, -0.1) is 0 Å². The normalized spacial score (nSPS) is 14.5. The van der Waals surface area contributed by atoms with Crippen LogP contribution in [0.1, 0.15) is 26.5 Å². The molecule has 8 heteroatoms. The number of ether oxygens (including phenoxy) is 1. The predicted molar refractivity (Wildman–Crippen MR) is 107 cm³/mol. The molecule has 0 bridgehead atoms. The molecule has 0 aliphatic carbocycles. The van der Waals surface area contributed by atoms with Crippen LogP contribution in [0.4, 0.5) is 0 Å². The fourth-order valence-corrected chi connectivity index (χ4v) is 3.21. The minimum absolute atomic E-state index is 0.380. The third kappa shape index (κ3) is 6.21. The van der Waals surface area contributed by atoms with E-state index in [1.807, 2.05) is 37.5 Å². The molecule has 6 nitrogen and oxygen atoms in total. The van der Waals surface area contributed by atoms with Crippen molar-refractivity contribution in [3.63, 3.8) is 0 Å². The molecule has 2 rings (SSSR count). The molecule has 1 atom stereocenters. The second kappa shape index (κ2) is 7.99. The van der Waals surface area contributed by atoms with Crippen molar-refractivity contribution < 1.29 is 9.29 Å². The van der Waals surface area contributed by atoms with Crippen LogP contribution in [0.5, 0.6) is 0 Å². The van der Waals surface area contributed by atoms with Gasteiger partial charge in [0.05, 0.1) is 17.5 Å². The lowest BCUT2D eigenvalue weighted by molar-refractivity contribution is 0.0898. The molecule has 1 unspecified atom stereocenters. The molecule has 0 amide bonds. The zero-order chi connectivity index (χ0) is 18.7. The molecule has 0 N–H and O–H groups in total. The summed E-state index contributed by atoms with van der Waals surface area (Å²) in [5.74, 6) is 0. The lowest BCUT2D eigenvalue weighted by Gasteiger charge is -2.17. The Morgan fingerprint density at radius 3 is 2.68 bits per heavy atom. The summed E-state index contributed by atoms with van der Waals surface area (Å²) in [6.07, 6.45) is 3.28. The molecule has 0 fully saturated rings. The monoisotopic (exact) mass is 380 g/mol. The average molecular weight is 381 g/mol. The summed E-state index contributed by atoms with van der Waals surface area (Å²) in [4.78, 5) is 8.78. The van der Waals surface area contributed by atoms with Gasteiger partial charge in [-0.2, -0.15) is 0 Å². The van der Waals surface area contributed by atoms with Crippen molar-refractivity contribution in [2.24, 2.45) is 4.40 Å². The Kier molecular flexibility index (Phi) is 6.42. The molecule has 138 valence electrons. The second-order valence-corrected chi connectivity index (χ2v) is 15.8. The predicted octanol–water partition coefficient (Wildman–Crippen LogP) is 3.62. The summed E-state index contributed by atoms with van der Waals surface area (Å²) in [6.45, 7) is 13.9. The van der Waals surface area contributed by atoms with Crippen LogP contribution in [-0.4, -0.2) is 44.7 Å². The van der Waals surface area contributed by atoms with Gasteiger partial charge in [0.2, 0.25) is 0 Å². The zero-order valence-electron chi connectivity index (χ0n) is 15.9. The molecule has 25 heavy (non-hydrogen) atoms. The number of hydrogen-bond acceptors (Lipinski definition) is 5. The summed E-state index contributed by atoms with van der Waals surface area (Å²) in [5, 5.41) is 0. The Bertz CT molecular complexity index is 734. The van der Waals surface area contributed by atoms with Crippen molar-refractivity contribution in [2.75, 3.05) is 6.61 Å². The SMILES string of the molecule is CC(C)(C)[S+]([O-])N=Cc1ccc2c(ncn2COCC[Si](C)(C)C)n1. The first-order chi connectivity index (χ1) is 11.6. The Morgan fingerprint density at radius 1 is 1.32 bits per heavy atom.